The fourth-order valence-corrected chi connectivity index (χ4v) is 1.56. The third kappa shape index (κ3) is 1.41. The molecule has 1 aromatic heterocycles. The van der Waals surface area contributed by atoms with Crippen LogP contribution in [-0.2, 0) is 0 Å². The molecule has 3 N–H and O–H groups in total. The first-order valence-electron chi connectivity index (χ1n) is 4.31. The lowest BCUT2D eigenvalue weighted by Gasteiger charge is -2.08. The number of hydrogen-bond donors (Lipinski definition) is 2. The van der Waals surface area contributed by atoms with Crippen LogP contribution in [0.15, 0.2) is 18.3 Å². The van der Waals surface area contributed by atoms with Crippen LogP contribution in [0.4, 0.5) is 5.69 Å². The van der Waals surface area contributed by atoms with Crippen LogP contribution in [0.2, 0.25) is 0 Å². The van der Waals surface area contributed by atoms with Gasteiger partial charge in [-0.15, -0.1) is 0 Å². The third-order valence-corrected chi connectivity index (χ3v) is 2.23. The summed E-state index contributed by atoms with van der Waals surface area (Å²) in [7, 11) is 0. The Hall–Kier alpha value is -1.09. The van der Waals surface area contributed by atoms with Gasteiger partial charge in [-0.2, -0.15) is 0 Å². The van der Waals surface area contributed by atoms with E-state index in [-0.39, 0.29) is 0 Å². The molecular formula is C9H13N3. The summed E-state index contributed by atoms with van der Waals surface area (Å²) in [5.41, 5.74) is 7.39. The van der Waals surface area contributed by atoms with E-state index in [1.165, 1.54) is 12.8 Å². The summed E-state index contributed by atoms with van der Waals surface area (Å²) in [5, 5.41) is 3.39. The van der Waals surface area contributed by atoms with Gasteiger partial charge < -0.3 is 11.1 Å². The molecule has 0 saturated carbocycles. The standard InChI is InChI=1S/C9H13N3/c10-7-3-4-9(12-6-7)8-2-1-5-11-8/h3-4,6,8,11H,1-2,5,10H2/t8-/m0/s1. The Morgan fingerprint density at radius 1 is 1.50 bits per heavy atom. The van der Waals surface area contributed by atoms with Gasteiger partial charge in [0.05, 0.1) is 17.6 Å². The lowest BCUT2D eigenvalue weighted by atomic mass is 10.1. The number of nitrogen functional groups attached to an aromatic ring is 1. The maximum atomic E-state index is 5.54. The number of nitrogens with zero attached hydrogens (tertiary/aromatic N) is 1. The van der Waals surface area contributed by atoms with Crippen LogP contribution in [0.3, 0.4) is 0 Å². The van der Waals surface area contributed by atoms with Gasteiger partial charge in [0.2, 0.25) is 0 Å². The van der Waals surface area contributed by atoms with E-state index in [9.17, 15) is 0 Å². The van der Waals surface area contributed by atoms with Crippen molar-refractivity contribution in [2.45, 2.75) is 18.9 Å². The SMILES string of the molecule is Nc1ccc([C@@H]2CCCN2)nc1. The Balaban J connectivity index is 2.17. The maximum Gasteiger partial charge on any atom is 0.0574 e. The average molecular weight is 163 g/mol. The summed E-state index contributed by atoms with van der Waals surface area (Å²) >= 11 is 0. The van der Waals surface area contributed by atoms with Gasteiger partial charge in [0.25, 0.3) is 0 Å². The quantitative estimate of drug-likeness (QED) is 0.651. The van der Waals surface area contributed by atoms with Crippen molar-refractivity contribution in [1.82, 2.24) is 10.3 Å². The molecule has 0 unspecified atom stereocenters. The van der Waals surface area contributed by atoms with E-state index in [0.29, 0.717) is 6.04 Å². The molecule has 0 radical (unpaired) electrons. The van der Waals surface area contributed by atoms with E-state index in [1.807, 2.05) is 12.1 Å². The van der Waals surface area contributed by atoms with E-state index in [4.69, 9.17) is 5.73 Å². The molecule has 0 bridgehead atoms. The number of aromatic nitrogens is 1. The smallest absolute Gasteiger partial charge is 0.0574 e. The summed E-state index contributed by atoms with van der Waals surface area (Å²) < 4.78 is 0. The normalized spacial score (nSPS) is 22.8. The van der Waals surface area contributed by atoms with Gasteiger partial charge in [-0.25, -0.2) is 0 Å². The number of nitrogens with two attached hydrogens (primary N) is 1. The molecule has 0 amide bonds. The molecule has 12 heavy (non-hydrogen) atoms. The van der Waals surface area contributed by atoms with Gasteiger partial charge >= 0.3 is 0 Å². The van der Waals surface area contributed by atoms with Crippen LogP contribution in [-0.4, -0.2) is 11.5 Å². The first-order valence-corrected chi connectivity index (χ1v) is 4.31. The molecule has 1 saturated heterocycles. The van der Waals surface area contributed by atoms with Gasteiger partial charge in [0.1, 0.15) is 0 Å². The summed E-state index contributed by atoms with van der Waals surface area (Å²) in [6.07, 6.45) is 4.16. The molecule has 2 heterocycles. The van der Waals surface area contributed by atoms with Crippen molar-refractivity contribution in [3.05, 3.63) is 24.0 Å². The number of anilines is 1. The van der Waals surface area contributed by atoms with E-state index in [2.05, 4.69) is 10.3 Å². The zero-order valence-electron chi connectivity index (χ0n) is 6.96. The molecule has 0 aromatic carbocycles. The predicted molar refractivity (Wildman–Crippen MR) is 48.6 cm³/mol. The van der Waals surface area contributed by atoms with Crippen molar-refractivity contribution in [3.8, 4) is 0 Å². The van der Waals surface area contributed by atoms with E-state index in [0.717, 1.165) is 17.9 Å². The number of rotatable bonds is 1. The molecular weight excluding hydrogens is 150 g/mol. The zero-order valence-corrected chi connectivity index (χ0v) is 6.96. The summed E-state index contributed by atoms with van der Waals surface area (Å²) in [6, 6.07) is 4.35. The van der Waals surface area contributed by atoms with E-state index < -0.39 is 0 Å². The molecule has 2 rings (SSSR count). The van der Waals surface area contributed by atoms with Crippen LogP contribution in [0.25, 0.3) is 0 Å². The minimum atomic E-state index is 0.450. The Labute approximate surface area is 72.0 Å². The molecule has 1 aromatic rings. The zero-order chi connectivity index (χ0) is 8.39. The van der Waals surface area contributed by atoms with Crippen LogP contribution in [0.5, 0.6) is 0 Å². The highest BCUT2D eigenvalue weighted by Crippen LogP contribution is 2.21. The first kappa shape index (κ1) is 7.55. The van der Waals surface area contributed by atoms with Crippen molar-refractivity contribution >= 4 is 5.69 Å². The third-order valence-electron chi connectivity index (χ3n) is 2.23. The van der Waals surface area contributed by atoms with Crippen LogP contribution in [0, 0.1) is 0 Å². The van der Waals surface area contributed by atoms with Crippen molar-refractivity contribution in [2.75, 3.05) is 12.3 Å². The molecule has 1 fully saturated rings. The molecule has 1 aliphatic rings. The summed E-state index contributed by atoms with van der Waals surface area (Å²) in [6.45, 7) is 1.11. The van der Waals surface area contributed by atoms with Crippen molar-refractivity contribution in [3.63, 3.8) is 0 Å². The summed E-state index contributed by atoms with van der Waals surface area (Å²) in [4.78, 5) is 4.27. The topological polar surface area (TPSA) is 50.9 Å². The highest BCUT2D eigenvalue weighted by Gasteiger charge is 2.16. The van der Waals surface area contributed by atoms with Gasteiger partial charge in [0.15, 0.2) is 0 Å². The van der Waals surface area contributed by atoms with E-state index >= 15 is 0 Å². The lowest BCUT2D eigenvalue weighted by Crippen LogP contribution is -2.14. The molecule has 1 aliphatic heterocycles. The molecule has 1 atom stereocenters. The average Bonchev–Trinajstić information content (AvgIpc) is 2.58. The molecule has 3 nitrogen and oxygen atoms in total. The number of hydrogen-bond acceptors (Lipinski definition) is 3. The largest absolute Gasteiger partial charge is 0.397 e. The predicted octanol–water partition coefficient (Wildman–Crippen LogP) is 1.09. The minimum Gasteiger partial charge on any atom is -0.397 e. The van der Waals surface area contributed by atoms with Gasteiger partial charge in [-0.05, 0) is 31.5 Å². The van der Waals surface area contributed by atoms with Crippen LogP contribution in [0.1, 0.15) is 24.6 Å². The number of nitrogens with one attached hydrogen (secondary N) is 1. The first-order chi connectivity index (χ1) is 5.86. The monoisotopic (exact) mass is 163 g/mol. The van der Waals surface area contributed by atoms with Gasteiger partial charge in [-0.1, -0.05) is 0 Å². The van der Waals surface area contributed by atoms with Gasteiger partial charge in [-0.3, -0.25) is 4.98 Å². The Morgan fingerprint density at radius 2 is 2.42 bits per heavy atom. The molecule has 3 heteroatoms. The Morgan fingerprint density at radius 3 is 3.00 bits per heavy atom. The second-order valence-corrected chi connectivity index (χ2v) is 3.17. The Bertz CT molecular complexity index is 249. The lowest BCUT2D eigenvalue weighted by molar-refractivity contribution is 0.628. The van der Waals surface area contributed by atoms with Crippen LogP contribution < -0.4 is 11.1 Å². The second kappa shape index (κ2) is 3.11. The van der Waals surface area contributed by atoms with Crippen LogP contribution >= 0.6 is 0 Å². The van der Waals surface area contributed by atoms with Crippen molar-refractivity contribution in [2.24, 2.45) is 0 Å². The molecule has 0 aliphatic carbocycles. The van der Waals surface area contributed by atoms with E-state index in [1.54, 1.807) is 6.20 Å². The fourth-order valence-electron chi connectivity index (χ4n) is 1.56. The second-order valence-electron chi connectivity index (χ2n) is 3.17. The van der Waals surface area contributed by atoms with Gasteiger partial charge in [0, 0.05) is 6.04 Å². The highest BCUT2D eigenvalue weighted by molar-refractivity contribution is 5.35. The van der Waals surface area contributed by atoms with Crippen molar-refractivity contribution in [1.29, 1.82) is 0 Å². The fraction of sp³-hybridized carbons (Fsp3) is 0.444. The van der Waals surface area contributed by atoms with Crippen molar-refractivity contribution < 1.29 is 0 Å². The molecule has 64 valence electrons. The minimum absolute atomic E-state index is 0.450. The molecule has 0 spiro atoms. The summed E-state index contributed by atoms with van der Waals surface area (Å²) in [5.74, 6) is 0. The number of pyridine rings is 1. The highest BCUT2D eigenvalue weighted by atomic mass is 15.0. The Kier molecular flexibility index (Phi) is 1.96. The maximum absolute atomic E-state index is 5.54.